The molecule has 0 spiro atoms. The molecule has 5 heterocycles. The van der Waals surface area contributed by atoms with Crippen LogP contribution < -0.4 is 0 Å². The van der Waals surface area contributed by atoms with Crippen LogP contribution in [0.2, 0.25) is 0 Å². The Hall–Kier alpha value is -10.6. The zero-order valence-corrected chi connectivity index (χ0v) is 65.6. The molecule has 0 amide bonds. The molecule has 5 aromatic heterocycles. The largest absolute Gasteiger partial charge is 0.464 e. The third-order valence-electron chi connectivity index (χ3n) is 21.5. The fourth-order valence-electron chi connectivity index (χ4n) is 14.8. The molecule has 2 aliphatic carbocycles. The summed E-state index contributed by atoms with van der Waals surface area (Å²) in [5.41, 5.74) is 31.6. The Morgan fingerprint density at radius 3 is 1.57 bits per heavy atom. The van der Waals surface area contributed by atoms with Crippen molar-refractivity contribution >= 4 is 76.3 Å². The number of aryl methyl sites for hydroxylation is 16. The van der Waals surface area contributed by atoms with Crippen LogP contribution in [0, 0.1) is 117 Å². The first kappa shape index (κ1) is 77.0. The Labute approximate surface area is 625 Å². The number of rotatable bonds is 0. The van der Waals surface area contributed by atoms with E-state index < -0.39 is 0 Å². The Morgan fingerprint density at radius 2 is 0.867 bits per heavy atom. The quantitative estimate of drug-likeness (QED) is 0.151. The van der Waals surface area contributed by atoms with E-state index in [1.165, 1.54) is 170 Å². The number of benzene rings is 11. The summed E-state index contributed by atoms with van der Waals surface area (Å²) in [4.78, 5) is 8.64. The smallest absolute Gasteiger partial charge is 0.134 e. The Morgan fingerprint density at radius 1 is 0.333 bits per heavy atom. The second-order valence-corrected chi connectivity index (χ2v) is 29.1. The summed E-state index contributed by atoms with van der Waals surface area (Å²) < 4.78 is 16.1. The third-order valence-corrected chi connectivity index (χ3v) is 21.5. The molecule has 0 bridgehead atoms. The lowest BCUT2D eigenvalue weighted by atomic mass is 9.79. The van der Waals surface area contributed by atoms with Crippen LogP contribution in [0.25, 0.3) is 76.3 Å². The highest BCUT2D eigenvalue weighted by molar-refractivity contribution is 5.90. The SMILES string of the molecule is C[C@H]1Cc2ccccc2[C@@H](C)C1.Cc1ccc2c(c1C)CCCC2.Cc1ccc2ccccc2c1C.Cc1ccc2occc2c1C.Cc1cccc2cccc(C)c12.Cc1cccc2nccc(C)c12.Cc1cccc2occ(C)c12.Cc1cnc2ccccc2c1C.Cc1oc2ccccc2c1C. The van der Waals surface area contributed by atoms with Crippen molar-refractivity contribution in [1.29, 1.82) is 0 Å². The van der Waals surface area contributed by atoms with Crippen LogP contribution in [-0.2, 0) is 19.3 Å². The van der Waals surface area contributed by atoms with E-state index in [1.54, 1.807) is 34.8 Å². The highest BCUT2D eigenvalue weighted by Gasteiger charge is 2.20. The van der Waals surface area contributed by atoms with E-state index in [2.05, 4.69) is 285 Å². The van der Waals surface area contributed by atoms with Crippen molar-refractivity contribution in [2.75, 3.05) is 0 Å². The lowest BCUT2D eigenvalue weighted by Gasteiger charge is -2.26. The predicted molar refractivity (Wildman–Crippen MR) is 451 cm³/mol. The molecule has 0 N–H and O–H groups in total. The molecule has 2 atom stereocenters. The molecule has 5 nitrogen and oxygen atoms in total. The van der Waals surface area contributed by atoms with Crippen LogP contribution in [0.3, 0.4) is 0 Å². The van der Waals surface area contributed by atoms with Crippen LogP contribution in [0.5, 0.6) is 0 Å². The van der Waals surface area contributed by atoms with Crippen molar-refractivity contribution < 1.29 is 13.3 Å². The minimum atomic E-state index is 0.768. The van der Waals surface area contributed by atoms with Gasteiger partial charge >= 0.3 is 0 Å². The summed E-state index contributed by atoms with van der Waals surface area (Å²) in [6, 6.07) is 76.0. The predicted octanol–water partition coefficient (Wildman–Crippen LogP) is 28.3. The molecule has 0 unspecified atom stereocenters. The number of aromatic nitrogens is 2. The molecule has 0 saturated carbocycles. The van der Waals surface area contributed by atoms with Crippen LogP contribution in [0.1, 0.15) is 150 Å². The maximum absolute atomic E-state index is 5.50. The highest BCUT2D eigenvalue weighted by Crippen LogP contribution is 2.35. The number of fused-ring (bicyclic) bond motifs is 9. The van der Waals surface area contributed by atoms with Gasteiger partial charge in [-0.15, -0.1) is 0 Å². The normalized spacial score (nSPS) is 13.2. The molecule has 5 heteroatoms. The van der Waals surface area contributed by atoms with Gasteiger partial charge in [-0.25, -0.2) is 0 Å². The molecule has 2 aliphatic rings. The molecule has 0 aliphatic heterocycles. The fourth-order valence-corrected chi connectivity index (χ4v) is 14.8. The Bertz CT molecular complexity index is 5340. The number of pyridine rings is 2. The molecule has 105 heavy (non-hydrogen) atoms. The average Bonchev–Trinajstić information content (AvgIpc) is 1.34. The van der Waals surface area contributed by atoms with Gasteiger partial charge in [0.1, 0.15) is 22.5 Å². The van der Waals surface area contributed by atoms with Gasteiger partial charge in [-0.05, 0) is 331 Å². The van der Waals surface area contributed by atoms with Gasteiger partial charge in [0.05, 0.1) is 23.6 Å². The van der Waals surface area contributed by atoms with Gasteiger partial charge in [0.25, 0.3) is 0 Å². The monoisotopic (exact) mass is 1380 g/mol. The Kier molecular flexibility index (Phi) is 26.5. The number of nitrogens with zero attached hydrogens (tertiary/aromatic N) is 2. The first-order valence-electron chi connectivity index (χ1n) is 37.6. The number of hydrogen-bond acceptors (Lipinski definition) is 5. The summed E-state index contributed by atoms with van der Waals surface area (Å²) >= 11 is 0. The zero-order chi connectivity index (χ0) is 74.8. The minimum Gasteiger partial charge on any atom is -0.464 e. The van der Waals surface area contributed by atoms with Crippen molar-refractivity contribution in [2.24, 2.45) is 5.92 Å². The third kappa shape index (κ3) is 19.2. The van der Waals surface area contributed by atoms with E-state index >= 15 is 0 Å². The van der Waals surface area contributed by atoms with Gasteiger partial charge in [-0.3, -0.25) is 9.97 Å². The van der Waals surface area contributed by atoms with E-state index in [0.717, 1.165) is 45.4 Å². The fraction of sp³-hybridized carbons (Fsp3) is 0.260. The Balaban J connectivity index is 0.000000127. The van der Waals surface area contributed by atoms with E-state index in [9.17, 15) is 0 Å². The first-order valence-corrected chi connectivity index (χ1v) is 37.6. The molecule has 11 aromatic carbocycles. The summed E-state index contributed by atoms with van der Waals surface area (Å²) in [6.45, 7) is 38.8. The molecule has 536 valence electrons. The van der Waals surface area contributed by atoms with E-state index in [-0.39, 0.29) is 0 Å². The summed E-state index contributed by atoms with van der Waals surface area (Å²) in [6.07, 6.45) is 15.3. The summed E-state index contributed by atoms with van der Waals surface area (Å²) in [5, 5.41) is 11.7. The second-order valence-electron chi connectivity index (χ2n) is 29.1. The first-order chi connectivity index (χ1) is 50.6. The molecule has 0 saturated heterocycles. The number of furan rings is 3. The van der Waals surface area contributed by atoms with Crippen molar-refractivity contribution in [2.45, 2.75) is 169 Å². The van der Waals surface area contributed by atoms with Gasteiger partial charge in [0, 0.05) is 39.3 Å². The number of para-hydroxylation sites is 2. The molecule has 16 aromatic rings. The van der Waals surface area contributed by atoms with Gasteiger partial charge < -0.3 is 13.3 Å². The summed E-state index contributed by atoms with van der Waals surface area (Å²) in [5.74, 6) is 2.66. The standard InChI is InChI=1S/C12H12.2C12H16.C12H12.2C11H11N.3C10H10O/c1-9-5-3-7-11-8-4-6-10(2)12(9)11;1-9-7-10(2)12-6-4-3-5-11(12)8-9;2*1-9-7-8-11-5-3-4-6-12(11)10(9)2;1-8-4-3-5-10-11(8)9(2)6-7-12-10;1-8-7-12-11-6-4-3-5-10(11)9(8)2;1-7-3-4-10-9(8(7)2)5-6-11-10;1-7-4-3-5-9-10(7)8(2)6-11-9;1-7-8(2)11-10-6-4-3-5-9(7)10/h3-8H,1-2H3;3-6,9-10H,7-8H2,1-2H3;7-8H,3-6H2,1-2H3;3-8H,1-2H3;2*3-7H,1-2H3;3*3-6H,1-2H3/t;9-,10+;;;;;;;/m.1......./s1. The van der Waals surface area contributed by atoms with Crippen LogP contribution in [-0.4, -0.2) is 9.97 Å². The molecule has 0 fully saturated rings. The van der Waals surface area contributed by atoms with Crippen molar-refractivity contribution in [3.05, 3.63) is 355 Å². The van der Waals surface area contributed by atoms with Crippen LogP contribution in [0.15, 0.2) is 257 Å². The highest BCUT2D eigenvalue weighted by atomic mass is 16.3. The van der Waals surface area contributed by atoms with Gasteiger partial charge in [0.15, 0.2) is 0 Å². The van der Waals surface area contributed by atoms with Crippen molar-refractivity contribution in [1.82, 2.24) is 9.97 Å². The van der Waals surface area contributed by atoms with Crippen molar-refractivity contribution in [3.63, 3.8) is 0 Å². The van der Waals surface area contributed by atoms with E-state index in [1.807, 2.05) is 80.0 Å². The van der Waals surface area contributed by atoms with Crippen LogP contribution in [0.4, 0.5) is 0 Å². The van der Waals surface area contributed by atoms with Gasteiger partial charge in [-0.2, -0.15) is 0 Å². The maximum Gasteiger partial charge on any atom is 0.134 e. The molecular formula is C100H108N2O3. The lowest BCUT2D eigenvalue weighted by Crippen LogP contribution is -2.14. The topological polar surface area (TPSA) is 65.2 Å². The number of hydrogen-bond donors (Lipinski definition) is 0. The molecule has 0 radical (unpaired) electrons. The minimum absolute atomic E-state index is 0.768. The second kappa shape index (κ2) is 36.2. The average molecular weight is 1390 g/mol. The maximum atomic E-state index is 5.50. The lowest BCUT2D eigenvalue weighted by molar-refractivity contribution is 0.450. The van der Waals surface area contributed by atoms with E-state index in [0.29, 0.717) is 0 Å². The van der Waals surface area contributed by atoms with E-state index in [4.69, 9.17) is 13.3 Å². The zero-order valence-electron chi connectivity index (χ0n) is 65.6. The van der Waals surface area contributed by atoms with Crippen LogP contribution >= 0.6 is 0 Å². The van der Waals surface area contributed by atoms with Crippen molar-refractivity contribution in [3.8, 4) is 0 Å². The van der Waals surface area contributed by atoms with Gasteiger partial charge in [-0.1, -0.05) is 190 Å². The summed E-state index contributed by atoms with van der Waals surface area (Å²) in [7, 11) is 0. The molecule has 18 rings (SSSR count). The molecular weight excluding hydrogens is 1280 g/mol. The van der Waals surface area contributed by atoms with Gasteiger partial charge in [0.2, 0.25) is 0 Å².